The smallest absolute Gasteiger partial charge is 0.173 e. The fourth-order valence-corrected chi connectivity index (χ4v) is 3.33. The number of hydrogen-bond acceptors (Lipinski definition) is 4. The Morgan fingerprint density at radius 1 is 1.33 bits per heavy atom. The first-order valence-electron chi connectivity index (χ1n) is 7.26. The summed E-state index contributed by atoms with van der Waals surface area (Å²) in [5.74, 6) is 0.831. The molecule has 1 fully saturated rings. The summed E-state index contributed by atoms with van der Waals surface area (Å²) in [6.45, 7) is 9.62. The van der Waals surface area contributed by atoms with Crippen molar-refractivity contribution >= 4 is 27.5 Å². The first kappa shape index (κ1) is 16.1. The molecule has 0 amide bonds. The number of rotatable bonds is 4. The lowest BCUT2D eigenvalue weighted by molar-refractivity contribution is 0.231. The number of amidine groups is 1. The minimum atomic E-state index is 0.141. The second kappa shape index (κ2) is 7.13. The Bertz CT molecular complexity index is 510. The molecule has 0 atom stereocenters. The maximum Gasteiger partial charge on any atom is 0.173 e. The molecule has 6 heteroatoms. The zero-order chi connectivity index (χ0) is 15.4. The number of nitrogens with two attached hydrogens (primary N) is 1. The summed E-state index contributed by atoms with van der Waals surface area (Å²) < 4.78 is 0.847. The number of piperazine rings is 1. The summed E-state index contributed by atoms with van der Waals surface area (Å²) in [6.07, 6.45) is 0. The lowest BCUT2D eigenvalue weighted by Gasteiger charge is -2.37. The molecule has 0 saturated carbocycles. The summed E-state index contributed by atoms with van der Waals surface area (Å²) >= 11 is 3.49. The van der Waals surface area contributed by atoms with Crippen molar-refractivity contribution in [3.8, 4) is 0 Å². The SMILES string of the molecule is CC(C)CN1CCN(c2cccc(Br)c2/C(N)=N/O)CC1. The van der Waals surface area contributed by atoms with E-state index in [1.807, 2.05) is 18.2 Å². The largest absolute Gasteiger partial charge is 0.409 e. The number of hydrogen-bond donors (Lipinski definition) is 2. The van der Waals surface area contributed by atoms with Gasteiger partial charge in [0.2, 0.25) is 0 Å². The molecular weight excluding hydrogens is 332 g/mol. The normalized spacial score (nSPS) is 17.5. The summed E-state index contributed by atoms with van der Waals surface area (Å²) in [4.78, 5) is 4.79. The summed E-state index contributed by atoms with van der Waals surface area (Å²) in [7, 11) is 0. The van der Waals surface area contributed by atoms with Crippen LogP contribution in [0.2, 0.25) is 0 Å². The number of nitrogens with zero attached hydrogens (tertiary/aromatic N) is 3. The maximum absolute atomic E-state index is 8.99. The molecular formula is C15H23BrN4O. The predicted molar refractivity (Wildman–Crippen MR) is 90.1 cm³/mol. The molecule has 2 rings (SSSR count). The molecule has 0 spiro atoms. The molecule has 3 N–H and O–H groups in total. The van der Waals surface area contributed by atoms with Crippen LogP contribution in [0.1, 0.15) is 19.4 Å². The quantitative estimate of drug-likeness (QED) is 0.377. The Balaban J connectivity index is 2.15. The van der Waals surface area contributed by atoms with E-state index >= 15 is 0 Å². The first-order chi connectivity index (χ1) is 10.0. The van der Waals surface area contributed by atoms with Crippen molar-refractivity contribution in [2.75, 3.05) is 37.6 Å². The van der Waals surface area contributed by atoms with Gasteiger partial charge < -0.3 is 15.8 Å². The van der Waals surface area contributed by atoms with Crippen LogP contribution in [0.4, 0.5) is 5.69 Å². The van der Waals surface area contributed by atoms with Gasteiger partial charge in [-0.05, 0) is 34.0 Å². The number of anilines is 1. The highest BCUT2D eigenvalue weighted by molar-refractivity contribution is 9.10. The molecule has 5 nitrogen and oxygen atoms in total. The van der Waals surface area contributed by atoms with Gasteiger partial charge in [0.1, 0.15) is 0 Å². The van der Waals surface area contributed by atoms with Crippen LogP contribution in [-0.2, 0) is 0 Å². The van der Waals surface area contributed by atoms with Gasteiger partial charge in [-0.25, -0.2) is 0 Å². The molecule has 0 aromatic heterocycles. The van der Waals surface area contributed by atoms with E-state index in [-0.39, 0.29) is 5.84 Å². The third-order valence-corrected chi connectivity index (χ3v) is 4.35. The lowest BCUT2D eigenvalue weighted by Crippen LogP contribution is -2.48. The van der Waals surface area contributed by atoms with Crippen LogP contribution in [-0.4, -0.2) is 48.7 Å². The van der Waals surface area contributed by atoms with Crippen LogP contribution in [0.3, 0.4) is 0 Å². The molecule has 1 aliphatic heterocycles. The average molecular weight is 355 g/mol. The highest BCUT2D eigenvalue weighted by Gasteiger charge is 2.21. The Morgan fingerprint density at radius 3 is 2.57 bits per heavy atom. The van der Waals surface area contributed by atoms with Crippen LogP contribution < -0.4 is 10.6 Å². The van der Waals surface area contributed by atoms with Gasteiger partial charge >= 0.3 is 0 Å². The van der Waals surface area contributed by atoms with Crippen molar-refractivity contribution in [2.45, 2.75) is 13.8 Å². The summed E-state index contributed by atoms with van der Waals surface area (Å²) in [6, 6.07) is 5.91. The van der Waals surface area contributed by atoms with Crippen molar-refractivity contribution in [3.05, 3.63) is 28.2 Å². The van der Waals surface area contributed by atoms with E-state index in [2.05, 4.69) is 44.7 Å². The van der Waals surface area contributed by atoms with E-state index in [0.29, 0.717) is 5.92 Å². The highest BCUT2D eigenvalue weighted by atomic mass is 79.9. The van der Waals surface area contributed by atoms with Gasteiger partial charge in [-0.2, -0.15) is 0 Å². The molecule has 0 aliphatic carbocycles. The molecule has 1 aliphatic rings. The monoisotopic (exact) mass is 354 g/mol. The van der Waals surface area contributed by atoms with Crippen LogP contribution in [0.15, 0.2) is 27.8 Å². The van der Waals surface area contributed by atoms with Gasteiger partial charge in [0, 0.05) is 42.9 Å². The fourth-order valence-electron chi connectivity index (χ4n) is 2.77. The second-order valence-corrected chi connectivity index (χ2v) is 6.66. The van der Waals surface area contributed by atoms with Gasteiger partial charge in [0.25, 0.3) is 0 Å². The van der Waals surface area contributed by atoms with Crippen LogP contribution in [0, 0.1) is 5.92 Å². The van der Waals surface area contributed by atoms with Gasteiger partial charge in [-0.1, -0.05) is 25.1 Å². The predicted octanol–water partition coefficient (Wildman–Crippen LogP) is 2.32. The molecule has 1 aromatic carbocycles. The Morgan fingerprint density at radius 2 is 2.00 bits per heavy atom. The van der Waals surface area contributed by atoms with Gasteiger partial charge in [0.15, 0.2) is 5.84 Å². The lowest BCUT2D eigenvalue weighted by atomic mass is 10.1. The van der Waals surface area contributed by atoms with E-state index in [9.17, 15) is 0 Å². The highest BCUT2D eigenvalue weighted by Crippen LogP contribution is 2.28. The fraction of sp³-hybridized carbons (Fsp3) is 0.533. The van der Waals surface area contributed by atoms with Gasteiger partial charge in [0.05, 0.1) is 5.56 Å². The van der Waals surface area contributed by atoms with Crippen molar-refractivity contribution < 1.29 is 5.21 Å². The van der Waals surface area contributed by atoms with Crippen molar-refractivity contribution in [1.29, 1.82) is 0 Å². The minimum Gasteiger partial charge on any atom is -0.409 e. The summed E-state index contributed by atoms with van der Waals surface area (Å²) in [5.41, 5.74) is 7.61. The topological polar surface area (TPSA) is 65.1 Å². The number of oxime groups is 1. The Labute approximate surface area is 134 Å². The van der Waals surface area contributed by atoms with Crippen molar-refractivity contribution in [2.24, 2.45) is 16.8 Å². The zero-order valence-electron chi connectivity index (χ0n) is 12.6. The van der Waals surface area contributed by atoms with Crippen LogP contribution >= 0.6 is 15.9 Å². The van der Waals surface area contributed by atoms with E-state index in [1.54, 1.807) is 0 Å². The maximum atomic E-state index is 8.99. The van der Waals surface area contributed by atoms with Crippen LogP contribution in [0.5, 0.6) is 0 Å². The molecule has 21 heavy (non-hydrogen) atoms. The second-order valence-electron chi connectivity index (χ2n) is 5.80. The van der Waals surface area contributed by atoms with E-state index in [0.717, 1.165) is 48.4 Å². The molecule has 1 aromatic rings. The van der Waals surface area contributed by atoms with Gasteiger partial charge in [-0.15, -0.1) is 0 Å². The van der Waals surface area contributed by atoms with Crippen molar-refractivity contribution in [3.63, 3.8) is 0 Å². The standard InChI is InChI=1S/C15H23BrN4O/c1-11(2)10-19-6-8-20(9-7-19)13-5-3-4-12(16)14(13)15(17)18-21/h3-5,11,21H,6-10H2,1-2H3,(H2,17,18). The number of benzene rings is 1. The van der Waals surface area contributed by atoms with E-state index in [4.69, 9.17) is 10.9 Å². The van der Waals surface area contributed by atoms with E-state index < -0.39 is 0 Å². The third kappa shape index (κ3) is 3.89. The summed E-state index contributed by atoms with van der Waals surface area (Å²) in [5, 5.41) is 12.1. The van der Waals surface area contributed by atoms with Crippen LogP contribution in [0.25, 0.3) is 0 Å². The molecule has 0 bridgehead atoms. The molecule has 116 valence electrons. The minimum absolute atomic E-state index is 0.141. The molecule has 0 unspecified atom stereocenters. The Kier molecular flexibility index (Phi) is 5.47. The molecule has 1 saturated heterocycles. The average Bonchev–Trinajstić information content (AvgIpc) is 2.46. The molecule has 1 heterocycles. The Hall–Kier alpha value is -1.27. The third-order valence-electron chi connectivity index (χ3n) is 3.69. The zero-order valence-corrected chi connectivity index (χ0v) is 14.2. The van der Waals surface area contributed by atoms with Crippen molar-refractivity contribution in [1.82, 2.24) is 4.90 Å². The van der Waals surface area contributed by atoms with E-state index in [1.165, 1.54) is 0 Å². The molecule has 0 radical (unpaired) electrons. The van der Waals surface area contributed by atoms with Gasteiger partial charge in [-0.3, -0.25) is 4.90 Å². The number of halogens is 1. The first-order valence-corrected chi connectivity index (χ1v) is 8.06.